The number of hydrogen-bond acceptors (Lipinski definition) is 3. The van der Waals surface area contributed by atoms with Crippen LogP contribution in [0.4, 0.5) is 0 Å². The normalized spacial score (nSPS) is 19.5. The Morgan fingerprint density at radius 2 is 2.26 bits per heavy atom. The van der Waals surface area contributed by atoms with E-state index >= 15 is 0 Å². The van der Waals surface area contributed by atoms with Gasteiger partial charge in [0.15, 0.2) is 0 Å². The highest BCUT2D eigenvalue weighted by Gasteiger charge is 2.26. The quantitative estimate of drug-likeness (QED) is 0.885. The van der Waals surface area contributed by atoms with E-state index in [1.165, 1.54) is 11.1 Å². The summed E-state index contributed by atoms with van der Waals surface area (Å²) in [6.07, 6.45) is 0.447. The average Bonchev–Trinajstić information content (AvgIpc) is 2.41. The second-order valence-electron chi connectivity index (χ2n) is 5.16. The summed E-state index contributed by atoms with van der Waals surface area (Å²) in [5.74, 6) is 0.144. The molecule has 0 saturated carbocycles. The van der Waals surface area contributed by atoms with Crippen molar-refractivity contribution in [2.75, 3.05) is 26.3 Å². The van der Waals surface area contributed by atoms with Gasteiger partial charge >= 0.3 is 0 Å². The number of amides is 1. The van der Waals surface area contributed by atoms with Crippen molar-refractivity contribution in [2.24, 2.45) is 5.73 Å². The largest absolute Gasteiger partial charge is 0.377 e. The Bertz CT molecular complexity index is 459. The van der Waals surface area contributed by atoms with Gasteiger partial charge in [-0.15, -0.1) is 0 Å². The smallest absolute Gasteiger partial charge is 0.227 e. The zero-order valence-electron chi connectivity index (χ0n) is 11.7. The molecule has 1 aromatic rings. The molecule has 0 radical (unpaired) electrons. The SMILES string of the molecule is Cc1ccc(CC(=O)N2CCOCC2CN)c(C)c1. The van der Waals surface area contributed by atoms with Gasteiger partial charge in [-0.25, -0.2) is 0 Å². The van der Waals surface area contributed by atoms with Crippen LogP contribution in [0.1, 0.15) is 16.7 Å². The van der Waals surface area contributed by atoms with Crippen LogP contribution < -0.4 is 5.73 Å². The fraction of sp³-hybridized carbons (Fsp3) is 0.533. The molecule has 4 nitrogen and oxygen atoms in total. The lowest BCUT2D eigenvalue weighted by molar-refractivity contribution is -0.138. The van der Waals surface area contributed by atoms with Crippen LogP contribution in [0.5, 0.6) is 0 Å². The third kappa shape index (κ3) is 3.33. The molecule has 0 aromatic heterocycles. The van der Waals surface area contributed by atoms with Crippen molar-refractivity contribution >= 4 is 5.91 Å². The number of rotatable bonds is 3. The van der Waals surface area contributed by atoms with Crippen LogP contribution in [-0.2, 0) is 16.0 Å². The molecule has 1 amide bonds. The van der Waals surface area contributed by atoms with Gasteiger partial charge in [0.25, 0.3) is 0 Å². The Hall–Kier alpha value is -1.39. The minimum Gasteiger partial charge on any atom is -0.377 e. The molecule has 4 heteroatoms. The van der Waals surface area contributed by atoms with Gasteiger partial charge in [-0.3, -0.25) is 4.79 Å². The Morgan fingerprint density at radius 3 is 2.95 bits per heavy atom. The summed E-state index contributed by atoms with van der Waals surface area (Å²) in [5, 5.41) is 0. The molecule has 1 aliphatic rings. The molecule has 2 N–H and O–H groups in total. The first-order chi connectivity index (χ1) is 9.11. The lowest BCUT2D eigenvalue weighted by Gasteiger charge is -2.35. The Labute approximate surface area is 114 Å². The monoisotopic (exact) mass is 262 g/mol. The van der Waals surface area contributed by atoms with Gasteiger partial charge in [0.2, 0.25) is 5.91 Å². The van der Waals surface area contributed by atoms with Crippen LogP contribution in [0.25, 0.3) is 0 Å². The predicted molar refractivity (Wildman–Crippen MR) is 75.0 cm³/mol. The number of hydrogen-bond donors (Lipinski definition) is 1. The van der Waals surface area contributed by atoms with Crippen LogP contribution >= 0.6 is 0 Å². The minimum atomic E-state index is 0.0204. The maximum atomic E-state index is 12.4. The summed E-state index contributed by atoms with van der Waals surface area (Å²) in [4.78, 5) is 14.3. The van der Waals surface area contributed by atoms with E-state index in [1.54, 1.807) is 0 Å². The van der Waals surface area contributed by atoms with E-state index in [2.05, 4.69) is 26.0 Å². The summed E-state index contributed by atoms with van der Waals surface area (Å²) < 4.78 is 5.37. The van der Waals surface area contributed by atoms with Crippen molar-refractivity contribution in [1.29, 1.82) is 0 Å². The Balaban J connectivity index is 2.07. The molecule has 104 valence electrons. The van der Waals surface area contributed by atoms with E-state index in [0.29, 0.717) is 32.7 Å². The van der Waals surface area contributed by atoms with Gasteiger partial charge < -0.3 is 15.4 Å². The van der Waals surface area contributed by atoms with Crippen LogP contribution in [0.3, 0.4) is 0 Å². The number of ether oxygens (including phenoxy) is 1. The summed E-state index contributed by atoms with van der Waals surface area (Å²) >= 11 is 0. The standard InChI is InChI=1S/C15H22N2O2/c1-11-3-4-13(12(2)7-11)8-15(18)17-5-6-19-10-14(17)9-16/h3-4,7,14H,5-6,8-10,16H2,1-2H3. The number of nitrogens with zero attached hydrogens (tertiary/aromatic N) is 1. The highest BCUT2D eigenvalue weighted by atomic mass is 16.5. The molecule has 1 aromatic carbocycles. The van der Waals surface area contributed by atoms with Gasteiger partial charge in [0.05, 0.1) is 25.7 Å². The zero-order chi connectivity index (χ0) is 13.8. The molecule has 1 heterocycles. The Kier molecular flexibility index (Phi) is 4.56. The van der Waals surface area contributed by atoms with Crippen molar-refractivity contribution in [3.63, 3.8) is 0 Å². The van der Waals surface area contributed by atoms with E-state index < -0.39 is 0 Å². The highest BCUT2D eigenvalue weighted by molar-refractivity contribution is 5.79. The van der Waals surface area contributed by atoms with E-state index in [1.807, 2.05) is 11.0 Å². The lowest BCUT2D eigenvalue weighted by Crippen LogP contribution is -2.52. The number of morpholine rings is 1. The van der Waals surface area contributed by atoms with E-state index in [-0.39, 0.29) is 11.9 Å². The molecule has 1 unspecified atom stereocenters. The first kappa shape index (κ1) is 14.0. The van der Waals surface area contributed by atoms with Gasteiger partial charge in [-0.2, -0.15) is 0 Å². The molecule has 19 heavy (non-hydrogen) atoms. The number of carbonyl (C=O) groups is 1. The zero-order valence-corrected chi connectivity index (χ0v) is 11.7. The van der Waals surface area contributed by atoms with Crippen molar-refractivity contribution < 1.29 is 9.53 Å². The van der Waals surface area contributed by atoms with Crippen molar-refractivity contribution in [2.45, 2.75) is 26.3 Å². The molecule has 0 bridgehead atoms. The van der Waals surface area contributed by atoms with Gasteiger partial charge in [-0.05, 0) is 25.0 Å². The lowest BCUT2D eigenvalue weighted by atomic mass is 10.0. The van der Waals surface area contributed by atoms with Crippen molar-refractivity contribution in [1.82, 2.24) is 4.90 Å². The number of carbonyl (C=O) groups excluding carboxylic acids is 1. The van der Waals surface area contributed by atoms with Crippen LogP contribution in [0, 0.1) is 13.8 Å². The highest BCUT2D eigenvalue weighted by Crippen LogP contribution is 2.14. The molecule has 2 rings (SSSR count). The summed E-state index contributed by atoms with van der Waals surface area (Å²) in [7, 11) is 0. The van der Waals surface area contributed by atoms with Crippen LogP contribution in [0.2, 0.25) is 0 Å². The third-order valence-corrected chi connectivity index (χ3v) is 3.66. The van der Waals surface area contributed by atoms with E-state index in [4.69, 9.17) is 10.5 Å². The second kappa shape index (κ2) is 6.17. The minimum absolute atomic E-state index is 0.0204. The summed E-state index contributed by atoms with van der Waals surface area (Å²) in [6, 6.07) is 6.23. The third-order valence-electron chi connectivity index (χ3n) is 3.66. The molecule has 1 atom stereocenters. The fourth-order valence-corrected chi connectivity index (χ4v) is 2.49. The van der Waals surface area contributed by atoms with Gasteiger partial charge in [-0.1, -0.05) is 23.8 Å². The number of aryl methyl sites for hydroxylation is 2. The van der Waals surface area contributed by atoms with E-state index in [9.17, 15) is 4.79 Å². The summed E-state index contributed by atoms with van der Waals surface area (Å²) in [6.45, 7) is 6.37. The van der Waals surface area contributed by atoms with E-state index in [0.717, 1.165) is 5.56 Å². The molecule has 0 spiro atoms. The molecular weight excluding hydrogens is 240 g/mol. The van der Waals surface area contributed by atoms with Crippen LogP contribution in [-0.4, -0.2) is 43.2 Å². The maximum Gasteiger partial charge on any atom is 0.227 e. The Morgan fingerprint density at radius 1 is 1.47 bits per heavy atom. The first-order valence-electron chi connectivity index (χ1n) is 6.75. The predicted octanol–water partition coefficient (Wildman–Crippen LogP) is 1.03. The molecule has 1 aliphatic heterocycles. The van der Waals surface area contributed by atoms with Crippen LogP contribution in [0.15, 0.2) is 18.2 Å². The molecular formula is C15H22N2O2. The molecule has 0 aliphatic carbocycles. The average molecular weight is 262 g/mol. The topological polar surface area (TPSA) is 55.6 Å². The maximum absolute atomic E-state index is 12.4. The van der Waals surface area contributed by atoms with Gasteiger partial charge in [0, 0.05) is 13.1 Å². The summed E-state index contributed by atoms with van der Waals surface area (Å²) in [5.41, 5.74) is 9.19. The molecule has 1 fully saturated rings. The number of benzene rings is 1. The second-order valence-corrected chi connectivity index (χ2v) is 5.16. The first-order valence-corrected chi connectivity index (χ1v) is 6.75. The molecule has 1 saturated heterocycles. The van der Waals surface area contributed by atoms with Crippen molar-refractivity contribution in [3.8, 4) is 0 Å². The number of nitrogens with two attached hydrogens (primary N) is 1. The van der Waals surface area contributed by atoms with Gasteiger partial charge in [0.1, 0.15) is 0 Å². The fourth-order valence-electron chi connectivity index (χ4n) is 2.49. The van der Waals surface area contributed by atoms with Crippen molar-refractivity contribution in [3.05, 3.63) is 34.9 Å².